The Morgan fingerprint density at radius 2 is 2.04 bits per heavy atom. The van der Waals surface area contributed by atoms with Gasteiger partial charge in [0.25, 0.3) is 0 Å². The van der Waals surface area contributed by atoms with Crippen molar-refractivity contribution >= 4 is 17.5 Å². The van der Waals surface area contributed by atoms with Crippen molar-refractivity contribution in [3.05, 3.63) is 36.2 Å². The smallest absolute Gasteiger partial charge is 0.176 e. The molecule has 1 aliphatic carbocycles. The molecule has 0 aliphatic heterocycles. The number of ether oxygens (including phenoxy) is 2. The molecule has 1 aromatic heterocycles. The second-order valence-corrected chi connectivity index (χ2v) is 6.85. The Labute approximate surface area is 140 Å². The number of hydrogen-bond donors (Lipinski definition) is 0. The van der Waals surface area contributed by atoms with E-state index < -0.39 is 0 Å². The van der Waals surface area contributed by atoms with Gasteiger partial charge in [-0.3, -0.25) is 4.79 Å². The number of nitrogens with zero attached hydrogens (tertiary/aromatic N) is 2. The lowest BCUT2D eigenvalue weighted by molar-refractivity contribution is 0.0993. The third-order valence-corrected chi connectivity index (χ3v) is 4.99. The van der Waals surface area contributed by atoms with Crippen LogP contribution in [-0.2, 0) is 0 Å². The van der Waals surface area contributed by atoms with Crippen LogP contribution in [0, 0.1) is 0 Å². The molecule has 5 nitrogen and oxygen atoms in total. The number of hydrogen-bond acceptors (Lipinski definition) is 5. The molecule has 122 valence electrons. The lowest BCUT2D eigenvalue weighted by Gasteiger charge is -2.13. The maximum Gasteiger partial charge on any atom is 0.176 e. The fraction of sp³-hybridized carbons (Fsp3) is 0.412. The Hall–Kier alpha value is -1.95. The van der Waals surface area contributed by atoms with Crippen LogP contribution in [0.1, 0.15) is 36.2 Å². The molecule has 3 rings (SSSR count). The van der Waals surface area contributed by atoms with E-state index in [0.29, 0.717) is 23.1 Å². The van der Waals surface area contributed by atoms with Gasteiger partial charge in [0.15, 0.2) is 22.4 Å². The van der Waals surface area contributed by atoms with Gasteiger partial charge in [-0.05, 0) is 38.0 Å². The molecule has 23 heavy (non-hydrogen) atoms. The highest BCUT2D eigenvalue weighted by molar-refractivity contribution is 8.00. The van der Waals surface area contributed by atoms with Gasteiger partial charge in [-0.15, -0.1) is 0 Å². The number of benzene rings is 1. The van der Waals surface area contributed by atoms with E-state index in [4.69, 9.17) is 9.47 Å². The lowest BCUT2D eigenvalue weighted by Crippen LogP contribution is -2.14. The molecule has 1 fully saturated rings. The number of thioether (sulfide) groups is 1. The second kappa shape index (κ2) is 6.66. The first-order chi connectivity index (χ1) is 11.1. The summed E-state index contributed by atoms with van der Waals surface area (Å²) in [6.45, 7) is 1.91. The molecule has 1 heterocycles. The van der Waals surface area contributed by atoms with Gasteiger partial charge in [-0.25, -0.2) is 4.98 Å². The second-order valence-electron chi connectivity index (χ2n) is 5.54. The molecular weight excluding hydrogens is 312 g/mol. The molecule has 1 saturated carbocycles. The molecule has 0 N–H and O–H groups in total. The van der Waals surface area contributed by atoms with E-state index in [0.717, 1.165) is 5.16 Å². The zero-order valence-electron chi connectivity index (χ0n) is 13.5. The molecule has 1 atom stereocenters. The summed E-state index contributed by atoms with van der Waals surface area (Å²) in [4.78, 5) is 17.1. The highest BCUT2D eigenvalue weighted by Gasteiger charge is 2.27. The number of carbonyl (C=O) groups is 1. The number of rotatable bonds is 7. The molecule has 6 heteroatoms. The van der Waals surface area contributed by atoms with Crippen molar-refractivity contribution < 1.29 is 14.3 Å². The van der Waals surface area contributed by atoms with E-state index in [-0.39, 0.29) is 11.0 Å². The van der Waals surface area contributed by atoms with E-state index >= 15 is 0 Å². The topological polar surface area (TPSA) is 53.3 Å². The Morgan fingerprint density at radius 3 is 2.70 bits per heavy atom. The van der Waals surface area contributed by atoms with Crippen LogP contribution in [0.2, 0.25) is 0 Å². The van der Waals surface area contributed by atoms with Gasteiger partial charge in [0.2, 0.25) is 0 Å². The quantitative estimate of drug-likeness (QED) is 0.573. The van der Waals surface area contributed by atoms with Gasteiger partial charge in [-0.2, -0.15) is 0 Å². The number of aromatic nitrogens is 2. The third-order valence-electron chi connectivity index (χ3n) is 3.89. The van der Waals surface area contributed by atoms with E-state index in [1.54, 1.807) is 38.6 Å². The molecule has 0 saturated heterocycles. The van der Waals surface area contributed by atoms with Gasteiger partial charge >= 0.3 is 0 Å². The third kappa shape index (κ3) is 3.37. The Bertz CT molecular complexity index is 710. The Morgan fingerprint density at radius 1 is 1.30 bits per heavy atom. The number of imidazole rings is 1. The fourth-order valence-electron chi connectivity index (χ4n) is 2.46. The zero-order valence-corrected chi connectivity index (χ0v) is 14.3. The Kier molecular flexibility index (Phi) is 4.61. The predicted molar refractivity (Wildman–Crippen MR) is 89.7 cm³/mol. The van der Waals surface area contributed by atoms with Crippen LogP contribution in [0.25, 0.3) is 0 Å². The van der Waals surface area contributed by atoms with Crippen molar-refractivity contribution in [3.63, 3.8) is 0 Å². The molecule has 0 spiro atoms. The molecular formula is C17H20N2O3S. The number of Topliss-reactive ketones (excluding diaryl/α,β-unsaturated/α-hetero) is 1. The summed E-state index contributed by atoms with van der Waals surface area (Å²) in [5.41, 5.74) is 0.618. The highest BCUT2D eigenvalue weighted by atomic mass is 32.2. The van der Waals surface area contributed by atoms with Crippen LogP contribution in [-0.4, -0.2) is 34.8 Å². The van der Waals surface area contributed by atoms with E-state index in [2.05, 4.69) is 9.55 Å². The van der Waals surface area contributed by atoms with Crippen molar-refractivity contribution in [1.29, 1.82) is 0 Å². The first-order valence-electron chi connectivity index (χ1n) is 7.59. The summed E-state index contributed by atoms with van der Waals surface area (Å²) in [5.74, 6) is 1.24. The maximum absolute atomic E-state index is 12.7. The monoisotopic (exact) mass is 332 g/mol. The standard InChI is InChI=1S/C17H20N2O3S/c1-11(23-17-18-8-9-19(17)13-5-6-13)16(20)12-4-7-14(21-2)15(10-12)22-3/h4,7-11,13H,5-6H2,1-3H3. The first kappa shape index (κ1) is 15.9. The zero-order chi connectivity index (χ0) is 16.4. The molecule has 2 aromatic rings. The average Bonchev–Trinajstić information content (AvgIpc) is 3.33. The summed E-state index contributed by atoms with van der Waals surface area (Å²) < 4.78 is 12.7. The van der Waals surface area contributed by atoms with Crippen molar-refractivity contribution in [2.45, 2.75) is 36.2 Å². The van der Waals surface area contributed by atoms with Crippen LogP contribution in [0.15, 0.2) is 35.7 Å². The van der Waals surface area contributed by atoms with Crippen molar-refractivity contribution in [1.82, 2.24) is 9.55 Å². The SMILES string of the molecule is COc1ccc(C(=O)C(C)Sc2nccn2C2CC2)cc1OC. The van der Waals surface area contributed by atoms with E-state index in [1.807, 2.05) is 13.1 Å². The minimum atomic E-state index is -0.215. The summed E-state index contributed by atoms with van der Waals surface area (Å²) in [6, 6.07) is 5.82. The van der Waals surface area contributed by atoms with Crippen molar-refractivity contribution in [3.8, 4) is 11.5 Å². The predicted octanol–water partition coefficient (Wildman–Crippen LogP) is 3.60. The minimum Gasteiger partial charge on any atom is -0.493 e. The van der Waals surface area contributed by atoms with Crippen LogP contribution >= 0.6 is 11.8 Å². The maximum atomic E-state index is 12.7. The van der Waals surface area contributed by atoms with Crippen molar-refractivity contribution in [2.75, 3.05) is 14.2 Å². The highest BCUT2D eigenvalue weighted by Crippen LogP contribution is 2.39. The van der Waals surface area contributed by atoms with Crippen LogP contribution in [0.3, 0.4) is 0 Å². The van der Waals surface area contributed by atoms with Gasteiger partial charge in [0.1, 0.15) is 0 Å². The Balaban J connectivity index is 1.75. The number of carbonyl (C=O) groups excluding carboxylic acids is 1. The van der Waals surface area contributed by atoms with Crippen LogP contribution < -0.4 is 9.47 Å². The summed E-state index contributed by atoms with van der Waals surface area (Å²) in [7, 11) is 3.15. The van der Waals surface area contributed by atoms with Gasteiger partial charge in [-0.1, -0.05) is 11.8 Å². The molecule has 1 aromatic carbocycles. The molecule has 1 aliphatic rings. The largest absolute Gasteiger partial charge is 0.493 e. The van der Waals surface area contributed by atoms with Crippen molar-refractivity contribution in [2.24, 2.45) is 0 Å². The number of ketones is 1. The summed E-state index contributed by atoms with van der Waals surface area (Å²) >= 11 is 1.50. The average molecular weight is 332 g/mol. The van der Waals surface area contributed by atoms with Gasteiger partial charge < -0.3 is 14.0 Å². The van der Waals surface area contributed by atoms with Crippen LogP contribution in [0.4, 0.5) is 0 Å². The van der Waals surface area contributed by atoms with E-state index in [9.17, 15) is 4.79 Å². The molecule has 0 bridgehead atoms. The first-order valence-corrected chi connectivity index (χ1v) is 8.47. The van der Waals surface area contributed by atoms with Gasteiger partial charge in [0, 0.05) is 24.0 Å². The number of methoxy groups -OCH3 is 2. The summed E-state index contributed by atoms with van der Waals surface area (Å²) in [6.07, 6.45) is 6.19. The normalized spacial score (nSPS) is 15.3. The van der Waals surface area contributed by atoms with Gasteiger partial charge in [0.05, 0.1) is 19.5 Å². The molecule has 1 unspecified atom stereocenters. The fourth-order valence-corrected chi connectivity index (χ4v) is 3.47. The van der Waals surface area contributed by atoms with Crippen LogP contribution in [0.5, 0.6) is 11.5 Å². The summed E-state index contributed by atoms with van der Waals surface area (Å²) in [5, 5.41) is 0.696. The minimum absolute atomic E-state index is 0.0568. The lowest BCUT2D eigenvalue weighted by atomic mass is 10.1. The van der Waals surface area contributed by atoms with E-state index in [1.165, 1.54) is 24.6 Å². The molecule has 0 radical (unpaired) electrons. The molecule has 0 amide bonds.